The molecule has 1 rings (SSSR count). The average molecular weight is 161 g/mol. The third-order valence-corrected chi connectivity index (χ3v) is 2.04. The van der Waals surface area contributed by atoms with Crippen LogP contribution in [0, 0.1) is 13.8 Å². The Morgan fingerprint density at radius 3 is 2.58 bits per heavy atom. The standard InChI is InChI=1S/C11H15N/c1-4-11(12)10-6-5-8(2)7-9(10)3/h4-7,11H,1,12H2,2-3H3/t11-/m0/s1. The van der Waals surface area contributed by atoms with E-state index >= 15 is 0 Å². The minimum Gasteiger partial charge on any atom is -0.321 e. The number of benzene rings is 1. The second-order valence-corrected chi connectivity index (χ2v) is 3.12. The molecule has 0 bridgehead atoms. The summed E-state index contributed by atoms with van der Waals surface area (Å²) in [5.74, 6) is 0. The lowest BCUT2D eigenvalue weighted by Crippen LogP contribution is -2.08. The van der Waals surface area contributed by atoms with Crippen LogP contribution in [0.25, 0.3) is 0 Å². The molecule has 0 aromatic heterocycles. The van der Waals surface area contributed by atoms with Crippen molar-refractivity contribution in [3.8, 4) is 0 Å². The maximum Gasteiger partial charge on any atom is 0.0481 e. The quantitative estimate of drug-likeness (QED) is 0.662. The smallest absolute Gasteiger partial charge is 0.0481 e. The fourth-order valence-electron chi connectivity index (χ4n) is 1.33. The van der Waals surface area contributed by atoms with Crippen LogP contribution in [0.4, 0.5) is 0 Å². The van der Waals surface area contributed by atoms with E-state index in [1.54, 1.807) is 6.08 Å². The molecular formula is C11H15N. The highest BCUT2D eigenvalue weighted by molar-refractivity contribution is 5.34. The molecule has 0 radical (unpaired) electrons. The molecule has 2 N–H and O–H groups in total. The Kier molecular flexibility index (Phi) is 2.66. The van der Waals surface area contributed by atoms with Gasteiger partial charge in [0.05, 0.1) is 0 Å². The van der Waals surface area contributed by atoms with Gasteiger partial charge in [0.15, 0.2) is 0 Å². The Labute approximate surface area is 73.9 Å². The Balaban J connectivity index is 3.09. The topological polar surface area (TPSA) is 26.0 Å². The summed E-state index contributed by atoms with van der Waals surface area (Å²) in [5.41, 5.74) is 9.50. The largest absolute Gasteiger partial charge is 0.321 e. The molecule has 0 spiro atoms. The predicted octanol–water partition coefficient (Wildman–Crippen LogP) is 2.49. The van der Waals surface area contributed by atoms with Gasteiger partial charge in [0.1, 0.15) is 0 Å². The second-order valence-electron chi connectivity index (χ2n) is 3.12. The minimum absolute atomic E-state index is 0.0365. The van der Waals surface area contributed by atoms with Crippen LogP contribution in [0.5, 0.6) is 0 Å². The minimum atomic E-state index is -0.0365. The van der Waals surface area contributed by atoms with Gasteiger partial charge >= 0.3 is 0 Å². The molecule has 0 aliphatic carbocycles. The Morgan fingerprint density at radius 2 is 2.08 bits per heavy atom. The van der Waals surface area contributed by atoms with Crippen molar-refractivity contribution in [2.24, 2.45) is 5.73 Å². The van der Waals surface area contributed by atoms with Crippen molar-refractivity contribution in [3.05, 3.63) is 47.5 Å². The molecule has 12 heavy (non-hydrogen) atoms. The van der Waals surface area contributed by atoms with Crippen LogP contribution < -0.4 is 5.73 Å². The Morgan fingerprint density at radius 1 is 1.42 bits per heavy atom. The molecule has 0 saturated carbocycles. The van der Waals surface area contributed by atoms with Gasteiger partial charge in [0.25, 0.3) is 0 Å². The van der Waals surface area contributed by atoms with Gasteiger partial charge < -0.3 is 5.73 Å². The summed E-state index contributed by atoms with van der Waals surface area (Å²) in [6.45, 7) is 7.83. The lowest BCUT2D eigenvalue weighted by Gasteiger charge is -2.10. The molecule has 0 aliphatic rings. The van der Waals surface area contributed by atoms with Crippen molar-refractivity contribution in [2.75, 3.05) is 0 Å². The normalized spacial score (nSPS) is 12.6. The van der Waals surface area contributed by atoms with Crippen LogP contribution in [-0.2, 0) is 0 Å². The Hall–Kier alpha value is -1.08. The third-order valence-electron chi connectivity index (χ3n) is 2.04. The molecule has 0 fully saturated rings. The van der Waals surface area contributed by atoms with E-state index in [9.17, 15) is 0 Å². The zero-order valence-corrected chi connectivity index (χ0v) is 7.67. The summed E-state index contributed by atoms with van der Waals surface area (Å²) in [6.07, 6.45) is 1.76. The highest BCUT2D eigenvalue weighted by atomic mass is 14.6. The van der Waals surface area contributed by atoms with Crippen LogP contribution >= 0.6 is 0 Å². The first-order valence-electron chi connectivity index (χ1n) is 4.10. The van der Waals surface area contributed by atoms with E-state index < -0.39 is 0 Å². The van der Waals surface area contributed by atoms with E-state index in [4.69, 9.17) is 5.73 Å². The lowest BCUT2D eigenvalue weighted by atomic mass is 10.00. The summed E-state index contributed by atoms with van der Waals surface area (Å²) in [4.78, 5) is 0. The fourth-order valence-corrected chi connectivity index (χ4v) is 1.33. The molecule has 0 unspecified atom stereocenters. The molecule has 0 saturated heterocycles. The van der Waals surface area contributed by atoms with Crippen molar-refractivity contribution in [3.63, 3.8) is 0 Å². The molecule has 1 aromatic rings. The summed E-state index contributed by atoms with van der Waals surface area (Å²) >= 11 is 0. The zero-order chi connectivity index (χ0) is 9.14. The number of hydrogen-bond donors (Lipinski definition) is 1. The first-order valence-corrected chi connectivity index (χ1v) is 4.10. The van der Waals surface area contributed by atoms with E-state index in [1.165, 1.54) is 11.1 Å². The molecule has 0 amide bonds. The average Bonchev–Trinajstić information content (AvgIpc) is 2.03. The van der Waals surface area contributed by atoms with Crippen LogP contribution in [0.1, 0.15) is 22.7 Å². The van der Waals surface area contributed by atoms with Gasteiger partial charge in [-0.25, -0.2) is 0 Å². The SMILES string of the molecule is C=C[C@H](N)c1ccc(C)cc1C. The van der Waals surface area contributed by atoms with Crippen LogP contribution in [0.15, 0.2) is 30.9 Å². The highest BCUT2D eigenvalue weighted by Gasteiger charge is 2.03. The van der Waals surface area contributed by atoms with E-state index in [-0.39, 0.29) is 6.04 Å². The van der Waals surface area contributed by atoms with Crippen molar-refractivity contribution >= 4 is 0 Å². The predicted molar refractivity (Wildman–Crippen MR) is 53.0 cm³/mol. The third kappa shape index (κ3) is 1.74. The van der Waals surface area contributed by atoms with Crippen molar-refractivity contribution in [1.29, 1.82) is 0 Å². The Bertz CT molecular complexity index is 289. The van der Waals surface area contributed by atoms with E-state index in [2.05, 4.69) is 38.6 Å². The van der Waals surface area contributed by atoms with E-state index in [0.29, 0.717) is 0 Å². The van der Waals surface area contributed by atoms with Crippen LogP contribution in [0.2, 0.25) is 0 Å². The number of nitrogens with two attached hydrogens (primary N) is 1. The molecule has 1 atom stereocenters. The molecule has 0 aliphatic heterocycles. The molecule has 1 heteroatoms. The maximum atomic E-state index is 5.83. The first kappa shape index (κ1) is 9.01. The monoisotopic (exact) mass is 161 g/mol. The number of rotatable bonds is 2. The van der Waals surface area contributed by atoms with Gasteiger partial charge in [-0.1, -0.05) is 29.8 Å². The zero-order valence-electron chi connectivity index (χ0n) is 7.67. The maximum absolute atomic E-state index is 5.83. The van der Waals surface area contributed by atoms with Crippen LogP contribution in [0.3, 0.4) is 0 Å². The first-order chi connectivity index (χ1) is 5.65. The van der Waals surface area contributed by atoms with Crippen molar-refractivity contribution in [2.45, 2.75) is 19.9 Å². The van der Waals surface area contributed by atoms with Crippen molar-refractivity contribution in [1.82, 2.24) is 0 Å². The van der Waals surface area contributed by atoms with Crippen LogP contribution in [-0.4, -0.2) is 0 Å². The highest BCUT2D eigenvalue weighted by Crippen LogP contribution is 2.17. The van der Waals surface area contributed by atoms with Gasteiger partial charge in [0.2, 0.25) is 0 Å². The van der Waals surface area contributed by atoms with Gasteiger partial charge in [-0.2, -0.15) is 0 Å². The van der Waals surface area contributed by atoms with Gasteiger partial charge in [0, 0.05) is 6.04 Å². The molecule has 64 valence electrons. The van der Waals surface area contributed by atoms with Gasteiger partial charge in [-0.15, -0.1) is 6.58 Å². The summed E-state index contributed by atoms with van der Waals surface area (Å²) in [5, 5.41) is 0. The molecule has 0 heterocycles. The molecular weight excluding hydrogens is 146 g/mol. The second kappa shape index (κ2) is 3.55. The van der Waals surface area contributed by atoms with Crippen molar-refractivity contribution < 1.29 is 0 Å². The van der Waals surface area contributed by atoms with E-state index in [0.717, 1.165) is 5.56 Å². The fraction of sp³-hybridized carbons (Fsp3) is 0.273. The molecule has 1 aromatic carbocycles. The lowest BCUT2D eigenvalue weighted by molar-refractivity contribution is 0.901. The number of aryl methyl sites for hydroxylation is 2. The van der Waals surface area contributed by atoms with E-state index in [1.807, 2.05) is 0 Å². The summed E-state index contributed by atoms with van der Waals surface area (Å²) in [7, 11) is 0. The molecule has 1 nitrogen and oxygen atoms in total. The van der Waals surface area contributed by atoms with Gasteiger partial charge in [-0.05, 0) is 25.0 Å². The number of hydrogen-bond acceptors (Lipinski definition) is 1. The van der Waals surface area contributed by atoms with Gasteiger partial charge in [-0.3, -0.25) is 0 Å². The summed E-state index contributed by atoms with van der Waals surface area (Å²) in [6, 6.07) is 6.24. The summed E-state index contributed by atoms with van der Waals surface area (Å²) < 4.78 is 0.